The van der Waals surface area contributed by atoms with Crippen LogP contribution in [0.3, 0.4) is 0 Å². The number of rotatable bonds is 9. The van der Waals surface area contributed by atoms with Crippen molar-refractivity contribution in [1.82, 2.24) is 20.1 Å². The molecule has 1 aromatic heterocycles. The van der Waals surface area contributed by atoms with Gasteiger partial charge in [0.1, 0.15) is 5.82 Å². The van der Waals surface area contributed by atoms with Crippen LogP contribution in [0.1, 0.15) is 39.4 Å². The number of fused-ring (bicyclic) bond motifs is 1. The van der Waals surface area contributed by atoms with Gasteiger partial charge >= 0.3 is 0 Å². The van der Waals surface area contributed by atoms with Crippen LogP contribution in [0, 0.1) is 5.92 Å². The lowest BCUT2D eigenvalue weighted by Crippen LogP contribution is -2.30. The maximum atomic E-state index is 5.79. The Morgan fingerprint density at radius 1 is 1.22 bits per heavy atom. The van der Waals surface area contributed by atoms with E-state index < -0.39 is 0 Å². The van der Waals surface area contributed by atoms with Gasteiger partial charge < -0.3 is 24.7 Å². The van der Waals surface area contributed by atoms with Crippen molar-refractivity contribution in [2.75, 3.05) is 37.9 Å². The molecule has 8 nitrogen and oxygen atoms in total. The molecule has 0 aliphatic carbocycles. The fourth-order valence-electron chi connectivity index (χ4n) is 3.32. The van der Waals surface area contributed by atoms with E-state index in [4.69, 9.17) is 14.5 Å². The van der Waals surface area contributed by atoms with Gasteiger partial charge in [0.2, 0.25) is 0 Å². The number of hydrogen-bond acceptors (Lipinski definition) is 6. The van der Waals surface area contributed by atoms with Crippen molar-refractivity contribution in [3.05, 3.63) is 24.0 Å². The van der Waals surface area contributed by atoms with Crippen LogP contribution < -0.4 is 20.1 Å². The number of thioether (sulfide) groups is 1. The molecule has 2 N–H and O–H groups in total. The van der Waals surface area contributed by atoms with Gasteiger partial charge in [0, 0.05) is 44.2 Å². The molecule has 0 saturated heterocycles. The number of nitrogens with one attached hydrogen (secondary N) is 2. The van der Waals surface area contributed by atoms with E-state index in [0.29, 0.717) is 25.7 Å². The van der Waals surface area contributed by atoms with Crippen LogP contribution in [0.25, 0.3) is 0 Å². The number of nitrogens with zero attached hydrogens (tertiary/aromatic N) is 4. The number of aliphatic imine (C=N–C) groups is 1. The molecule has 0 amide bonds. The van der Waals surface area contributed by atoms with Crippen LogP contribution in [0.15, 0.2) is 28.3 Å². The molecule has 1 aromatic carbocycles. The summed E-state index contributed by atoms with van der Waals surface area (Å²) >= 11 is 1.64. The highest BCUT2D eigenvalue weighted by atomic mass is 127. The summed E-state index contributed by atoms with van der Waals surface area (Å²) in [6.07, 6.45) is 4.70. The van der Waals surface area contributed by atoms with E-state index in [-0.39, 0.29) is 24.0 Å². The van der Waals surface area contributed by atoms with Crippen LogP contribution in [0.2, 0.25) is 0 Å². The highest BCUT2D eigenvalue weighted by molar-refractivity contribution is 14.0. The van der Waals surface area contributed by atoms with Gasteiger partial charge in [-0.15, -0.1) is 34.2 Å². The SMILES string of the molecule is CCNC(=NCCCc1nnc(SC)n1CC(C)C)Nc1ccc2c(c1)OCCCO2.I. The monoisotopic (exact) mass is 574 g/mol. The summed E-state index contributed by atoms with van der Waals surface area (Å²) in [4.78, 5) is 4.73. The number of anilines is 1. The second-order valence-electron chi connectivity index (χ2n) is 7.81. The molecule has 3 rings (SSSR count). The first kappa shape index (κ1) is 26.6. The van der Waals surface area contributed by atoms with Gasteiger partial charge in [-0.05, 0) is 37.7 Å². The quantitative estimate of drug-likeness (QED) is 0.151. The molecule has 0 bridgehead atoms. The van der Waals surface area contributed by atoms with Crippen molar-refractivity contribution < 1.29 is 9.47 Å². The van der Waals surface area contributed by atoms with E-state index in [1.165, 1.54) is 0 Å². The Morgan fingerprint density at radius 3 is 2.72 bits per heavy atom. The van der Waals surface area contributed by atoms with Gasteiger partial charge in [0.15, 0.2) is 22.6 Å². The Bertz CT molecular complexity index is 874. The van der Waals surface area contributed by atoms with E-state index in [9.17, 15) is 0 Å². The molecule has 0 saturated carbocycles. The van der Waals surface area contributed by atoms with Crippen LogP contribution in [-0.4, -0.2) is 53.3 Å². The fraction of sp³-hybridized carbons (Fsp3) is 0.591. The van der Waals surface area contributed by atoms with Crippen LogP contribution in [0.4, 0.5) is 5.69 Å². The van der Waals surface area contributed by atoms with Crippen molar-refractivity contribution >= 4 is 47.4 Å². The summed E-state index contributed by atoms with van der Waals surface area (Å²) in [5.41, 5.74) is 0.922. The predicted molar refractivity (Wildman–Crippen MR) is 142 cm³/mol. The van der Waals surface area contributed by atoms with Crippen molar-refractivity contribution in [2.45, 2.75) is 51.7 Å². The van der Waals surface area contributed by atoms with Gasteiger partial charge in [-0.2, -0.15) is 0 Å². The molecule has 0 unspecified atom stereocenters. The van der Waals surface area contributed by atoms with Crippen molar-refractivity contribution in [1.29, 1.82) is 0 Å². The number of halogens is 1. The van der Waals surface area contributed by atoms with Crippen molar-refractivity contribution in [3.63, 3.8) is 0 Å². The van der Waals surface area contributed by atoms with Crippen LogP contribution in [0.5, 0.6) is 11.5 Å². The van der Waals surface area contributed by atoms with Crippen LogP contribution in [-0.2, 0) is 13.0 Å². The van der Waals surface area contributed by atoms with Gasteiger partial charge in [0.25, 0.3) is 0 Å². The number of benzene rings is 1. The lowest BCUT2D eigenvalue weighted by atomic mass is 10.2. The molecule has 10 heteroatoms. The molecule has 0 atom stereocenters. The number of aromatic nitrogens is 3. The van der Waals surface area contributed by atoms with Gasteiger partial charge in [-0.1, -0.05) is 25.6 Å². The number of aryl methyl sites for hydroxylation is 1. The van der Waals surface area contributed by atoms with Gasteiger partial charge in [-0.3, -0.25) is 4.99 Å². The zero-order valence-electron chi connectivity index (χ0n) is 19.4. The largest absolute Gasteiger partial charge is 0.490 e. The third-order valence-corrected chi connectivity index (χ3v) is 5.37. The summed E-state index contributed by atoms with van der Waals surface area (Å²) in [7, 11) is 0. The average Bonchev–Trinajstić information content (AvgIpc) is 2.97. The lowest BCUT2D eigenvalue weighted by molar-refractivity contribution is 0.297. The highest BCUT2D eigenvalue weighted by Gasteiger charge is 2.13. The number of hydrogen-bond donors (Lipinski definition) is 2. The molecule has 1 aliphatic rings. The first-order chi connectivity index (χ1) is 15.1. The van der Waals surface area contributed by atoms with Gasteiger partial charge in [-0.25, -0.2) is 0 Å². The summed E-state index contributed by atoms with van der Waals surface area (Å²) in [5, 5.41) is 16.4. The maximum absolute atomic E-state index is 5.79. The summed E-state index contributed by atoms with van der Waals surface area (Å²) in [5.74, 6) is 3.91. The van der Waals surface area contributed by atoms with Crippen molar-refractivity contribution in [3.8, 4) is 11.5 Å². The summed E-state index contributed by atoms with van der Waals surface area (Å²) in [6.45, 7) is 10.3. The van der Waals surface area contributed by atoms with E-state index >= 15 is 0 Å². The predicted octanol–water partition coefficient (Wildman–Crippen LogP) is 4.45. The molecule has 0 spiro atoms. The molecule has 0 fully saturated rings. The smallest absolute Gasteiger partial charge is 0.195 e. The minimum absolute atomic E-state index is 0. The fourth-order valence-corrected chi connectivity index (χ4v) is 3.84. The molecule has 2 heterocycles. The maximum Gasteiger partial charge on any atom is 0.195 e. The van der Waals surface area contributed by atoms with E-state index in [0.717, 1.165) is 66.5 Å². The Balaban J connectivity index is 0.00000363. The summed E-state index contributed by atoms with van der Waals surface area (Å²) in [6, 6.07) is 5.89. The molecule has 178 valence electrons. The highest BCUT2D eigenvalue weighted by Crippen LogP contribution is 2.32. The van der Waals surface area contributed by atoms with E-state index in [2.05, 4.69) is 46.2 Å². The minimum atomic E-state index is 0. The lowest BCUT2D eigenvalue weighted by Gasteiger charge is -2.14. The Morgan fingerprint density at radius 2 is 2.00 bits per heavy atom. The Labute approximate surface area is 212 Å². The van der Waals surface area contributed by atoms with Crippen molar-refractivity contribution in [2.24, 2.45) is 10.9 Å². The Hall–Kier alpha value is -1.69. The van der Waals surface area contributed by atoms with E-state index in [1.54, 1.807) is 11.8 Å². The molecule has 1 aliphatic heterocycles. The van der Waals surface area contributed by atoms with Crippen LogP contribution >= 0.6 is 35.7 Å². The first-order valence-electron chi connectivity index (χ1n) is 11.0. The average molecular weight is 575 g/mol. The minimum Gasteiger partial charge on any atom is -0.490 e. The second kappa shape index (κ2) is 13.8. The standard InChI is InChI=1S/C22H34N6O2S.HI/c1-5-23-21(25-17-9-10-18-19(14-17)30-13-7-12-29-18)24-11-6-8-20-26-27-22(31-4)28(20)15-16(2)3;/h9-10,14,16H,5-8,11-13,15H2,1-4H3,(H2,23,24,25);1H. The summed E-state index contributed by atoms with van der Waals surface area (Å²) < 4.78 is 13.7. The second-order valence-corrected chi connectivity index (χ2v) is 8.58. The zero-order chi connectivity index (χ0) is 22.1. The Kier molecular flexibility index (Phi) is 11.4. The zero-order valence-corrected chi connectivity index (χ0v) is 22.5. The number of guanidine groups is 1. The molecular formula is C22H35IN6O2S. The normalized spacial score (nSPS) is 13.5. The first-order valence-corrected chi connectivity index (χ1v) is 12.2. The molecule has 32 heavy (non-hydrogen) atoms. The third-order valence-electron chi connectivity index (χ3n) is 4.71. The molecular weight excluding hydrogens is 539 g/mol. The molecule has 2 aromatic rings. The number of ether oxygens (including phenoxy) is 2. The third kappa shape index (κ3) is 7.72. The van der Waals surface area contributed by atoms with Gasteiger partial charge in [0.05, 0.1) is 13.2 Å². The molecule has 0 radical (unpaired) electrons. The van der Waals surface area contributed by atoms with E-state index in [1.807, 2.05) is 24.5 Å². The topological polar surface area (TPSA) is 85.6 Å².